The topological polar surface area (TPSA) is 81.7 Å². The highest BCUT2D eigenvalue weighted by Gasteiger charge is 2.36. The normalized spacial score (nSPS) is 20.4. The molecule has 0 bridgehead atoms. The van der Waals surface area contributed by atoms with Crippen LogP contribution in [0.3, 0.4) is 0 Å². The van der Waals surface area contributed by atoms with Gasteiger partial charge in [0, 0.05) is 12.8 Å². The summed E-state index contributed by atoms with van der Waals surface area (Å²) in [7, 11) is -3.66. The Hall–Kier alpha value is -0.960. The molecule has 0 aromatic rings. The highest BCUT2D eigenvalue weighted by molar-refractivity contribution is 7.85. The maximum absolute atomic E-state index is 13.2. The molecular weight excluding hydrogens is 344 g/mol. The summed E-state index contributed by atoms with van der Waals surface area (Å²) in [5.74, 6) is -2.65. The Balaban J connectivity index is 2.62. The second-order valence-electron chi connectivity index (χ2n) is 7.37. The van der Waals surface area contributed by atoms with Gasteiger partial charge in [0.2, 0.25) is 5.92 Å². The quantitative estimate of drug-likeness (QED) is 0.726. The van der Waals surface area contributed by atoms with Crippen molar-refractivity contribution in [1.29, 1.82) is 0 Å². The third-order valence-electron chi connectivity index (χ3n) is 3.66. The molecule has 0 radical (unpaired) electrons. The van der Waals surface area contributed by atoms with Gasteiger partial charge in [-0.2, -0.15) is 8.42 Å². The standard InChI is InChI=1S/C15H27F2NO5S/c1-14(2,3)23-13(19)18-12(10-22-24(4,20)21)9-11-5-7-15(16,17)8-6-11/h11-12H,5-10H2,1-4H3,(H,18,19). The summed E-state index contributed by atoms with van der Waals surface area (Å²) in [5, 5.41) is 2.58. The fourth-order valence-electron chi connectivity index (χ4n) is 2.59. The fraction of sp³-hybridized carbons (Fsp3) is 0.933. The number of ether oxygens (including phenoxy) is 1. The molecule has 1 amide bonds. The predicted octanol–water partition coefficient (Wildman–Crippen LogP) is 3.07. The van der Waals surface area contributed by atoms with Crippen LogP contribution in [0.1, 0.15) is 52.9 Å². The number of alkyl carbamates (subject to hydrolysis) is 1. The number of hydrogen-bond donors (Lipinski definition) is 1. The Morgan fingerprint density at radius 2 is 1.83 bits per heavy atom. The summed E-state index contributed by atoms with van der Waals surface area (Å²) in [4.78, 5) is 11.9. The molecule has 0 heterocycles. The Kier molecular flexibility index (Phi) is 6.98. The van der Waals surface area contributed by atoms with Crippen molar-refractivity contribution in [2.45, 2.75) is 70.4 Å². The van der Waals surface area contributed by atoms with Crippen LogP contribution in [-0.2, 0) is 19.0 Å². The number of carbonyl (C=O) groups excluding carboxylic acids is 1. The first kappa shape index (κ1) is 21.1. The molecule has 6 nitrogen and oxygen atoms in total. The van der Waals surface area contributed by atoms with Gasteiger partial charge in [-0.1, -0.05) is 0 Å². The van der Waals surface area contributed by atoms with Gasteiger partial charge in [-0.05, 0) is 46.0 Å². The van der Waals surface area contributed by atoms with E-state index in [4.69, 9.17) is 8.92 Å². The number of nitrogens with one attached hydrogen (secondary N) is 1. The van der Waals surface area contributed by atoms with E-state index in [0.717, 1.165) is 6.26 Å². The minimum atomic E-state index is -3.66. The molecule has 9 heteroatoms. The highest BCUT2D eigenvalue weighted by Crippen LogP contribution is 2.37. The maximum atomic E-state index is 13.2. The van der Waals surface area contributed by atoms with Gasteiger partial charge in [0.15, 0.2) is 0 Å². The number of rotatable bonds is 6. The van der Waals surface area contributed by atoms with Crippen molar-refractivity contribution in [3.05, 3.63) is 0 Å². The van der Waals surface area contributed by atoms with Gasteiger partial charge in [0.1, 0.15) is 5.60 Å². The Bertz CT molecular complexity index is 520. The Morgan fingerprint density at radius 1 is 1.29 bits per heavy atom. The molecule has 1 N–H and O–H groups in total. The first-order valence-corrected chi connectivity index (χ1v) is 9.79. The van der Waals surface area contributed by atoms with Crippen LogP contribution in [0, 0.1) is 5.92 Å². The van der Waals surface area contributed by atoms with E-state index in [1.807, 2.05) is 0 Å². The molecule has 1 unspecified atom stereocenters. The van der Waals surface area contributed by atoms with Gasteiger partial charge in [-0.3, -0.25) is 4.18 Å². The molecule has 0 saturated heterocycles. The summed E-state index contributed by atoms with van der Waals surface area (Å²) in [6.45, 7) is 4.87. The van der Waals surface area contributed by atoms with Crippen molar-refractivity contribution in [1.82, 2.24) is 5.32 Å². The van der Waals surface area contributed by atoms with Crippen LogP contribution in [0.15, 0.2) is 0 Å². The van der Waals surface area contributed by atoms with Crippen molar-refractivity contribution < 1.29 is 30.9 Å². The van der Waals surface area contributed by atoms with Crippen molar-refractivity contribution in [3.8, 4) is 0 Å². The van der Waals surface area contributed by atoms with Crippen LogP contribution >= 0.6 is 0 Å². The lowest BCUT2D eigenvalue weighted by molar-refractivity contribution is -0.0479. The minimum Gasteiger partial charge on any atom is -0.444 e. The van der Waals surface area contributed by atoms with E-state index in [-0.39, 0.29) is 25.4 Å². The van der Waals surface area contributed by atoms with Gasteiger partial charge >= 0.3 is 6.09 Å². The predicted molar refractivity (Wildman–Crippen MR) is 85.5 cm³/mol. The second kappa shape index (κ2) is 7.95. The van der Waals surface area contributed by atoms with E-state index in [0.29, 0.717) is 19.3 Å². The summed E-state index contributed by atoms with van der Waals surface area (Å²) in [6.07, 6.45) is 0.874. The largest absolute Gasteiger partial charge is 0.444 e. The zero-order chi connectivity index (χ0) is 18.6. The molecule has 0 aromatic heterocycles. The van der Waals surface area contributed by atoms with Gasteiger partial charge in [-0.25, -0.2) is 13.6 Å². The third-order valence-corrected chi connectivity index (χ3v) is 4.22. The molecule has 0 aliphatic heterocycles. The van der Waals surface area contributed by atoms with Gasteiger partial charge in [0.05, 0.1) is 18.9 Å². The first-order valence-electron chi connectivity index (χ1n) is 7.97. The first-order chi connectivity index (χ1) is 10.8. The number of halogens is 2. The van der Waals surface area contributed by atoms with E-state index in [1.165, 1.54) is 0 Å². The van der Waals surface area contributed by atoms with Crippen molar-refractivity contribution >= 4 is 16.2 Å². The lowest BCUT2D eigenvalue weighted by atomic mass is 9.83. The molecule has 1 aliphatic rings. The highest BCUT2D eigenvalue weighted by atomic mass is 32.2. The summed E-state index contributed by atoms with van der Waals surface area (Å²) >= 11 is 0. The monoisotopic (exact) mass is 371 g/mol. The smallest absolute Gasteiger partial charge is 0.407 e. The molecule has 1 rings (SSSR count). The summed E-state index contributed by atoms with van der Waals surface area (Å²) in [6, 6.07) is -0.619. The number of amides is 1. The van der Waals surface area contributed by atoms with Gasteiger partial charge < -0.3 is 10.1 Å². The fourth-order valence-corrected chi connectivity index (χ4v) is 3.00. The number of hydrogen-bond acceptors (Lipinski definition) is 5. The molecule has 1 saturated carbocycles. The molecule has 1 atom stereocenters. The lowest BCUT2D eigenvalue weighted by Gasteiger charge is -2.31. The van der Waals surface area contributed by atoms with Crippen LogP contribution in [0.4, 0.5) is 13.6 Å². The lowest BCUT2D eigenvalue weighted by Crippen LogP contribution is -2.43. The zero-order valence-corrected chi connectivity index (χ0v) is 15.4. The second-order valence-corrected chi connectivity index (χ2v) is 9.01. The molecule has 142 valence electrons. The van der Waals surface area contributed by atoms with Gasteiger partial charge in [0.25, 0.3) is 10.1 Å². The van der Waals surface area contributed by atoms with E-state index in [9.17, 15) is 22.0 Å². The molecule has 24 heavy (non-hydrogen) atoms. The molecule has 0 spiro atoms. The van der Waals surface area contributed by atoms with Gasteiger partial charge in [-0.15, -0.1) is 0 Å². The SMILES string of the molecule is CC(C)(C)OC(=O)NC(COS(C)(=O)=O)CC1CCC(F)(F)CC1. The minimum absolute atomic E-state index is 0.0206. The van der Waals surface area contributed by atoms with E-state index in [2.05, 4.69) is 5.32 Å². The average Bonchev–Trinajstić information content (AvgIpc) is 2.35. The van der Waals surface area contributed by atoms with E-state index >= 15 is 0 Å². The Labute approximate surface area is 142 Å². The zero-order valence-electron chi connectivity index (χ0n) is 14.6. The number of carbonyl (C=O) groups is 1. The van der Waals surface area contributed by atoms with Crippen LogP contribution in [0.2, 0.25) is 0 Å². The van der Waals surface area contributed by atoms with Crippen LogP contribution < -0.4 is 5.32 Å². The van der Waals surface area contributed by atoms with E-state index in [1.54, 1.807) is 20.8 Å². The Morgan fingerprint density at radius 3 is 2.29 bits per heavy atom. The van der Waals surface area contributed by atoms with E-state index < -0.39 is 33.8 Å². The molecule has 1 fully saturated rings. The van der Waals surface area contributed by atoms with Crippen LogP contribution in [0.5, 0.6) is 0 Å². The van der Waals surface area contributed by atoms with Crippen molar-refractivity contribution in [3.63, 3.8) is 0 Å². The number of alkyl halides is 2. The maximum Gasteiger partial charge on any atom is 0.407 e. The van der Waals surface area contributed by atoms with Crippen molar-refractivity contribution in [2.24, 2.45) is 5.92 Å². The van der Waals surface area contributed by atoms with Crippen LogP contribution in [-0.4, -0.2) is 44.9 Å². The average molecular weight is 371 g/mol. The summed E-state index contributed by atoms with van der Waals surface area (Å²) in [5.41, 5.74) is -0.695. The molecular formula is C15H27F2NO5S. The van der Waals surface area contributed by atoms with Crippen LogP contribution in [0.25, 0.3) is 0 Å². The molecule has 1 aliphatic carbocycles. The van der Waals surface area contributed by atoms with Crippen molar-refractivity contribution in [2.75, 3.05) is 12.9 Å². The summed E-state index contributed by atoms with van der Waals surface area (Å²) < 4.78 is 58.7. The molecule has 0 aromatic carbocycles. The third kappa shape index (κ3) is 9.36.